The van der Waals surface area contributed by atoms with Gasteiger partial charge < -0.3 is 38.3 Å². The first-order chi connectivity index (χ1) is 36.5. The van der Waals surface area contributed by atoms with Gasteiger partial charge in [-0.15, -0.1) is 0 Å². The number of alkyl halides is 6. The third-order valence-electron chi connectivity index (χ3n) is 12.6. The SMILES string of the molecule is CC(C)C(C=C(Br)Br)C(F)(F)F.Cc1cc(C)c(C(=O)OCC[Si](C)(C)C)c(/C=C/C[C@@H]2OC(C)(C)OC2C(O)C#CC(C(C)C)C(F)(F)F)c1.Cc1cc(C)c(C(=O)OCC[Si](C)(C)C)c(/C=C/C[C@@H]2OC(C)(C)OC2C=O)c1. The minimum absolute atomic E-state index is 0.284. The second-order valence-electron chi connectivity index (χ2n) is 24.4. The Hall–Kier alpha value is -3.40. The highest BCUT2D eigenvalue weighted by Crippen LogP contribution is 2.37. The van der Waals surface area contributed by atoms with E-state index in [0.29, 0.717) is 39.7 Å². The number of aliphatic hydroxyl groups excluding tert-OH is 1. The number of aryl methyl sites for hydroxylation is 4. The van der Waals surface area contributed by atoms with Crippen LogP contribution in [0.4, 0.5) is 26.3 Å². The summed E-state index contributed by atoms with van der Waals surface area (Å²) in [5, 5.41) is 10.7. The zero-order valence-corrected chi connectivity index (χ0v) is 55.0. The maximum atomic E-state index is 13.3. The number of rotatable bonds is 19. The van der Waals surface area contributed by atoms with Crippen LogP contribution in [0.1, 0.15) is 122 Å². The highest BCUT2D eigenvalue weighted by molar-refractivity contribution is 9.28. The van der Waals surface area contributed by atoms with Crippen LogP contribution in [0.3, 0.4) is 0 Å². The fourth-order valence-electron chi connectivity index (χ4n) is 8.68. The van der Waals surface area contributed by atoms with Gasteiger partial charge in [0.25, 0.3) is 0 Å². The summed E-state index contributed by atoms with van der Waals surface area (Å²) in [6.45, 7) is 34.9. The number of halogens is 8. The van der Waals surface area contributed by atoms with E-state index >= 15 is 0 Å². The molecule has 2 fully saturated rings. The summed E-state index contributed by atoms with van der Waals surface area (Å²) < 4.78 is 111. The quantitative estimate of drug-likeness (QED) is 0.0478. The van der Waals surface area contributed by atoms with E-state index in [4.69, 9.17) is 28.4 Å². The third-order valence-corrected chi connectivity index (χ3v) is 16.6. The van der Waals surface area contributed by atoms with E-state index in [1.165, 1.54) is 27.7 Å². The highest BCUT2D eigenvalue weighted by Gasteiger charge is 2.45. The molecule has 2 aliphatic rings. The van der Waals surface area contributed by atoms with E-state index in [-0.39, 0.29) is 24.5 Å². The van der Waals surface area contributed by atoms with Gasteiger partial charge in [-0.2, -0.15) is 26.3 Å². The van der Waals surface area contributed by atoms with Crippen LogP contribution < -0.4 is 0 Å². The van der Waals surface area contributed by atoms with E-state index in [2.05, 4.69) is 83.0 Å². The normalized spacial score (nSPS) is 20.3. The molecule has 0 amide bonds. The van der Waals surface area contributed by atoms with E-state index in [1.807, 2.05) is 70.2 Å². The minimum atomic E-state index is -4.49. The average molecular weight is 1300 g/mol. The first kappa shape index (κ1) is 72.7. The summed E-state index contributed by atoms with van der Waals surface area (Å²) >= 11 is 5.83. The van der Waals surface area contributed by atoms with E-state index in [1.54, 1.807) is 33.8 Å². The summed E-state index contributed by atoms with van der Waals surface area (Å²) in [6.07, 6.45) is -2.48. The summed E-state index contributed by atoms with van der Waals surface area (Å²) in [7, 11) is -2.62. The van der Waals surface area contributed by atoms with Crippen molar-refractivity contribution < 1.29 is 74.3 Å². The molecule has 0 aromatic heterocycles. The van der Waals surface area contributed by atoms with E-state index in [9.17, 15) is 45.8 Å². The van der Waals surface area contributed by atoms with Crippen LogP contribution in [0.25, 0.3) is 12.2 Å². The predicted molar refractivity (Wildman–Crippen MR) is 318 cm³/mol. The number of hydrogen-bond donors (Lipinski definition) is 1. The predicted octanol–water partition coefficient (Wildman–Crippen LogP) is 16.3. The average Bonchev–Trinajstić information content (AvgIpc) is 3.75. The second-order valence-corrected chi connectivity index (χ2v) is 38.5. The van der Waals surface area contributed by atoms with Gasteiger partial charge in [0.1, 0.15) is 24.2 Å². The van der Waals surface area contributed by atoms with Crippen LogP contribution in [0.2, 0.25) is 51.4 Å². The Labute approximate surface area is 490 Å². The first-order valence-electron chi connectivity index (χ1n) is 26.9. The Morgan fingerprint density at radius 3 is 1.46 bits per heavy atom. The molecule has 2 saturated heterocycles. The number of carbonyl (C=O) groups is 3. The van der Waals surface area contributed by atoms with Gasteiger partial charge in [0.2, 0.25) is 0 Å². The van der Waals surface area contributed by atoms with Gasteiger partial charge in [0.15, 0.2) is 17.9 Å². The van der Waals surface area contributed by atoms with Crippen molar-refractivity contribution in [3.05, 3.63) is 90.4 Å². The van der Waals surface area contributed by atoms with Gasteiger partial charge in [0.05, 0.1) is 45.9 Å². The van der Waals surface area contributed by atoms with Crippen LogP contribution in [0.5, 0.6) is 0 Å². The molecule has 0 bridgehead atoms. The van der Waals surface area contributed by atoms with Gasteiger partial charge in [0, 0.05) is 16.1 Å². The number of ether oxygens (including phenoxy) is 6. The van der Waals surface area contributed by atoms with E-state index in [0.717, 1.165) is 52.3 Å². The van der Waals surface area contributed by atoms with Gasteiger partial charge in [-0.05, 0) is 146 Å². The summed E-state index contributed by atoms with van der Waals surface area (Å²) in [5.74, 6) is -2.37. The maximum absolute atomic E-state index is 13.3. The molecule has 0 saturated carbocycles. The molecule has 0 radical (unpaired) electrons. The van der Waals surface area contributed by atoms with Crippen LogP contribution >= 0.6 is 31.9 Å². The molecule has 10 nitrogen and oxygen atoms in total. The lowest BCUT2D eigenvalue weighted by Gasteiger charge is -2.20. The smallest absolute Gasteiger partial charge is 0.402 e. The molecule has 2 aliphatic heterocycles. The van der Waals surface area contributed by atoms with Crippen molar-refractivity contribution >= 4 is 78.4 Å². The topological polar surface area (TPSA) is 127 Å². The molecule has 5 unspecified atom stereocenters. The Morgan fingerprint density at radius 1 is 0.675 bits per heavy atom. The highest BCUT2D eigenvalue weighted by atomic mass is 79.9. The molecule has 0 aliphatic carbocycles. The molecule has 2 heterocycles. The van der Waals surface area contributed by atoms with Crippen molar-refractivity contribution in [1.82, 2.24) is 0 Å². The zero-order chi connectivity index (χ0) is 61.5. The second kappa shape index (κ2) is 30.9. The fourth-order valence-corrected chi connectivity index (χ4v) is 10.7. The molecule has 20 heteroatoms. The van der Waals surface area contributed by atoms with Crippen molar-refractivity contribution in [2.24, 2.45) is 23.7 Å². The number of hydrogen-bond acceptors (Lipinski definition) is 10. The molecular weight excluding hydrogens is 1210 g/mol. The first-order valence-corrected chi connectivity index (χ1v) is 35.9. The lowest BCUT2D eigenvalue weighted by atomic mass is 9.95. The molecule has 0 spiro atoms. The monoisotopic (exact) mass is 1290 g/mol. The molecule has 2 aromatic carbocycles. The lowest BCUT2D eigenvalue weighted by Crippen LogP contribution is -2.35. The summed E-state index contributed by atoms with van der Waals surface area (Å²) in [5.41, 5.74) is 6.38. The van der Waals surface area contributed by atoms with Gasteiger partial charge in [-0.1, -0.05) is 145 Å². The largest absolute Gasteiger partial charge is 0.462 e. The molecule has 2 aromatic rings. The Balaban J connectivity index is 0.000000466. The zero-order valence-electron chi connectivity index (χ0n) is 49.9. The maximum Gasteiger partial charge on any atom is 0.402 e. The van der Waals surface area contributed by atoms with Crippen LogP contribution in [-0.2, 0) is 33.2 Å². The number of carbonyl (C=O) groups excluding carboxylic acids is 3. The number of allylic oxidation sites excluding steroid dienone is 1. The van der Waals surface area contributed by atoms with Crippen molar-refractivity contribution in [3.8, 4) is 11.8 Å². The Bertz CT molecular complexity index is 2530. The van der Waals surface area contributed by atoms with Crippen molar-refractivity contribution in [2.75, 3.05) is 13.2 Å². The van der Waals surface area contributed by atoms with Crippen LogP contribution in [0.15, 0.2) is 45.9 Å². The van der Waals surface area contributed by atoms with Crippen molar-refractivity contribution in [3.63, 3.8) is 0 Å². The van der Waals surface area contributed by atoms with Gasteiger partial charge in [-0.25, -0.2) is 9.59 Å². The number of aliphatic hydroxyl groups is 1. The summed E-state index contributed by atoms with van der Waals surface area (Å²) in [6, 6.07) is 9.61. The molecule has 450 valence electrons. The standard InChI is InChI=1S/C30H43F3O5Si.C23H34O5Si.C7H9Br2F3/c1-19(2)23(30(31,32)33)13-14-24(34)27-25(37-29(5,6)38-27)12-10-11-22-18-20(3)17-21(4)26(22)28(35)36-15-16-39(7,8)9;1-16-13-17(2)21(22(25)26-11-12-29(5,6)7)18(14-16)9-8-10-19-20(15-24)28-23(3,4)27-19;1-4(2)5(3-6(8)9)7(10,11)12/h10-11,17-19,23-25,27,34H,12,15-16H2,1-9H3;8-9,13-15,19-20H,10-12H2,1-7H3;3-5H,1-2H3/b11-10+;9-8+;/t23?,24?,25-,27?;19-,20?;/m00./s1. The third kappa shape index (κ3) is 25.6. The van der Waals surface area contributed by atoms with Crippen LogP contribution in [-0.4, -0.2) is 107 Å². The van der Waals surface area contributed by atoms with Gasteiger partial charge >= 0.3 is 24.3 Å². The summed E-state index contributed by atoms with van der Waals surface area (Å²) in [4.78, 5) is 37.0. The Kier molecular flexibility index (Phi) is 28.1. The molecule has 1 N–H and O–H groups in total. The number of aldehydes is 1. The van der Waals surface area contributed by atoms with E-state index < -0.39 is 88.2 Å². The number of benzene rings is 2. The van der Waals surface area contributed by atoms with Gasteiger partial charge in [-0.3, -0.25) is 0 Å². The molecule has 7 atom stereocenters. The van der Waals surface area contributed by atoms with Crippen molar-refractivity contribution in [1.29, 1.82) is 0 Å². The minimum Gasteiger partial charge on any atom is -0.462 e. The molecular formula is C60H86Br2F6O10Si2. The fraction of sp³-hybridized carbons (Fsp3) is 0.617. The number of esters is 2. The molecule has 4 rings (SSSR count). The van der Waals surface area contributed by atoms with Crippen molar-refractivity contribution in [2.45, 2.75) is 202 Å². The molecule has 80 heavy (non-hydrogen) atoms. The van der Waals surface area contributed by atoms with Crippen LogP contribution in [0, 0.1) is 63.2 Å². The lowest BCUT2D eigenvalue weighted by molar-refractivity contribution is -0.171. The Morgan fingerprint density at radius 2 is 1.10 bits per heavy atom.